The normalized spacial score (nSPS) is 21.9. The number of benzene rings is 1. The van der Waals surface area contributed by atoms with Crippen LogP contribution >= 0.6 is 0 Å². The van der Waals surface area contributed by atoms with E-state index in [1.165, 1.54) is 12.1 Å². The van der Waals surface area contributed by atoms with Crippen LogP contribution in [-0.4, -0.2) is 44.2 Å². The molecule has 2 aliphatic rings. The lowest BCUT2D eigenvalue weighted by molar-refractivity contribution is -0.125. The van der Waals surface area contributed by atoms with Crippen LogP contribution in [-0.2, 0) is 16.1 Å². The average Bonchev–Trinajstić information content (AvgIpc) is 3.26. The number of rotatable bonds is 6. The summed E-state index contributed by atoms with van der Waals surface area (Å²) in [5.74, 6) is 3.01. The Labute approximate surface area is 166 Å². The second-order valence-corrected chi connectivity index (χ2v) is 7.82. The van der Waals surface area contributed by atoms with Crippen molar-refractivity contribution in [2.24, 2.45) is 5.92 Å². The van der Waals surface area contributed by atoms with Crippen LogP contribution in [0.4, 0.5) is 5.69 Å². The molecule has 2 heterocycles. The third-order valence-corrected chi connectivity index (χ3v) is 5.64. The van der Waals surface area contributed by atoms with Crippen LogP contribution < -0.4 is 4.90 Å². The molecule has 2 atom stereocenters. The molecule has 28 heavy (non-hydrogen) atoms. The number of anilines is 1. The van der Waals surface area contributed by atoms with E-state index in [4.69, 9.17) is 9.15 Å². The summed E-state index contributed by atoms with van der Waals surface area (Å²) in [6.07, 6.45) is 4.56. The van der Waals surface area contributed by atoms with Gasteiger partial charge in [0.15, 0.2) is 0 Å². The molecule has 1 saturated carbocycles. The van der Waals surface area contributed by atoms with Gasteiger partial charge >= 0.3 is 0 Å². The lowest BCUT2D eigenvalue weighted by atomic mass is 10.1. The Bertz CT molecular complexity index is 851. The maximum Gasteiger partial charge on any atom is 0.246 e. The highest BCUT2D eigenvalue weighted by atomic mass is 16.5. The second-order valence-electron chi connectivity index (χ2n) is 7.82. The molecule has 1 amide bonds. The monoisotopic (exact) mass is 380 g/mol. The molecule has 1 aromatic heterocycles. The summed E-state index contributed by atoms with van der Waals surface area (Å²) >= 11 is 0. The highest BCUT2D eigenvalue weighted by Gasteiger charge is 2.36. The number of morpholine rings is 1. The fourth-order valence-corrected chi connectivity index (χ4v) is 3.75. The SMILES string of the molecule is C[C@@H]1C[C@@H]1c1ccc(/C=C/C(=O)N(C)Cc2ccccc2N2CCOCC2)o1. The first-order valence-electron chi connectivity index (χ1n) is 10.1. The Morgan fingerprint density at radius 3 is 2.71 bits per heavy atom. The van der Waals surface area contributed by atoms with E-state index in [9.17, 15) is 4.79 Å². The minimum Gasteiger partial charge on any atom is -0.461 e. The molecule has 0 N–H and O–H groups in total. The van der Waals surface area contributed by atoms with Crippen molar-refractivity contribution in [3.63, 3.8) is 0 Å². The van der Waals surface area contributed by atoms with Crippen molar-refractivity contribution in [3.8, 4) is 0 Å². The fourth-order valence-electron chi connectivity index (χ4n) is 3.75. The van der Waals surface area contributed by atoms with Crippen molar-refractivity contribution >= 4 is 17.7 Å². The number of para-hydroxylation sites is 1. The van der Waals surface area contributed by atoms with E-state index in [0.29, 0.717) is 18.4 Å². The molecule has 0 bridgehead atoms. The molecule has 2 fully saturated rings. The van der Waals surface area contributed by atoms with Crippen LogP contribution in [0.2, 0.25) is 0 Å². The first-order valence-corrected chi connectivity index (χ1v) is 10.1. The van der Waals surface area contributed by atoms with Gasteiger partial charge in [0.1, 0.15) is 11.5 Å². The topological polar surface area (TPSA) is 45.9 Å². The molecule has 0 radical (unpaired) electrons. The predicted octanol–water partition coefficient (Wildman–Crippen LogP) is 3.91. The number of carbonyl (C=O) groups excluding carboxylic acids is 1. The Kier molecular flexibility index (Phi) is 5.53. The minimum absolute atomic E-state index is 0.0329. The summed E-state index contributed by atoms with van der Waals surface area (Å²) in [6.45, 7) is 6.06. The molecular formula is C23H28N2O3. The number of amides is 1. The van der Waals surface area contributed by atoms with E-state index in [1.807, 2.05) is 31.3 Å². The van der Waals surface area contributed by atoms with Gasteiger partial charge in [-0.1, -0.05) is 25.1 Å². The summed E-state index contributed by atoms with van der Waals surface area (Å²) in [5, 5.41) is 0. The van der Waals surface area contributed by atoms with Crippen LogP contribution in [0.3, 0.4) is 0 Å². The van der Waals surface area contributed by atoms with Crippen molar-refractivity contribution < 1.29 is 13.9 Å². The Morgan fingerprint density at radius 2 is 1.96 bits per heavy atom. The van der Waals surface area contributed by atoms with Crippen molar-refractivity contribution in [2.75, 3.05) is 38.3 Å². The van der Waals surface area contributed by atoms with Gasteiger partial charge in [-0.25, -0.2) is 0 Å². The molecular weight excluding hydrogens is 352 g/mol. The Hall–Kier alpha value is -2.53. The molecule has 148 valence electrons. The van der Waals surface area contributed by atoms with Crippen LogP contribution in [0, 0.1) is 5.92 Å². The van der Waals surface area contributed by atoms with Gasteiger partial charge < -0.3 is 19.0 Å². The van der Waals surface area contributed by atoms with Crippen LogP contribution in [0.15, 0.2) is 46.9 Å². The van der Waals surface area contributed by atoms with Gasteiger partial charge in [-0.15, -0.1) is 0 Å². The van der Waals surface area contributed by atoms with Gasteiger partial charge in [0.05, 0.1) is 13.2 Å². The molecule has 2 aromatic rings. The zero-order valence-electron chi connectivity index (χ0n) is 16.6. The predicted molar refractivity (Wildman–Crippen MR) is 110 cm³/mol. The molecule has 0 unspecified atom stereocenters. The van der Waals surface area contributed by atoms with E-state index >= 15 is 0 Å². The number of furan rings is 1. The Morgan fingerprint density at radius 1 is 1.21 bits per heavy atom. The highest BCUT2D eigenvalue weighted by Crippen LogP contribution is 2.47. The second kappa shape index (κ2) is 8.23. The van der Waals surface area contributed by atoms with E-state index in [0.717, 1.165) is 43.4 Å². The van der Waals surface area contributed by atoms with Crippen molar-refractivity contribution in [2.45, 2.75) is 25.8 Å². The number of hydrogen-bond acceptors (Lipinski definition) is 4. The lowest BCUT2D eigenvalue weighted by Gasteiger charge is -2.31. The quantitative estimate of drug-likeness (QED) is 0.713. The van der Waals surface area contributed by atoms with Gasteiger partial charge in [0.25, 0.3) is 0 Å². The number of hydrogen-bond donors (Lipinski definition) is 0. The van der Waals surface area contributed by atoms with Gasteiger partial charge in [-0.2, -0.15) is 0 Å². The van der Waals surface area contributed by atoms with Gasteiger partial charge in [0, 0.05) is 44.4 Å². The molecule has 5 heteroatoms. The van der Waals surface area contributed by atoms with Gasteiger partial charge in [-0.3, -0.25) is 4.79 Å². The fraction of sp³-hybridized carbons (Fsp3) is 0.435. The van der Waals surface area contributed by atoms with Crippen molar-refractivity contribution in [1.82, 2.24) is 4.90 Å². The molecule has 1 aliphatic carbocycles. The molecule has 5 nitrogen and oxygen atoms in total. The molecule has 1 aromatic carbocycles. The maximum atomic E-state index is 12.6. The summed E-state index contributed by atoms with van der Waals surface area (Å²) < 4.78 is 11.3. The van der Waals surface area contributed by atoms with E-state index in [1.54, 1.807) is 17.1 Å². The van der Waals surface area contributed by atoms with Crippen LogP contribution in [0.1, 0.15) is 36.3 Å². The zero-order chi connectivity index (χ0) is 19.5. The van der Waals surface area contributed by atoms with E-state index < -0.39 is 0 Å². The molecule has 0 spiro atoms. The Balaban J connectivity index is 1.38. The third kappa shape index (κ3) is 4.30. The zero-order valence-corrected chi connectivity index (χ0v) is 16.6. The highest BCUT2D eigenvalue weighted by molar-refractivity contribution is 5.91. The van der Waals surface area contributed by atoms with Crippen molar-refractivity contribution in [1.29, 1.82) is 0 Å². The number of likely N-dealkylation sites (N-methyl/N-ethyl adjacent to an activating group) is 1. The minimum atomic E-state index is -0.0329. The van der Waals surface area contributed by atoms with Crippen LogP contribution in [0.25, 0.3) is 6.08 Å². The van der Waals surface area contributed by atoms with E-state index in [-0.39, 0.29) is 5.91 Å². The summed E-state index contributed by atoms with van der Waals surface area (Å²) in [4.78, 5) is 16.6. The largest absolute Gasteiger partial charge is 0.461 e. The first-order chi connectivity index (χ1) is 13.6. The number of nitrogens with zero attached hydrogens (tertiary/aromatic N) is 2. The van der Waals surface area contributed by atoms with Gasteiger partial charge in [-0.05, 0) is 42.2 Å². The molecule has 1 saturated heterocycles. The van der Waals surface area contributed by atoms with Gasteiger partial charge in [0.2, 0.25) is 5.91 Å². The number of ether oxygens (including phenoxy) is 1. The van der Waals surface area contributed by atoms with E-state index in [2.05, 4.69) is 24.0 Å². The summed E-state index contributed by atoms with van der Waals surface area (Å²) in [6, 6.07) is 12.3. The molecule has 4 rings (SSSR count). The van der Waals surface area contributed by atoms with Crippen molar-refractivity contribution in [3.05, 3.63) is 59.6 Å². The standard InChI is InChI=1S/C23H28N2O3/c1-17-15-20(17)22-9-7-19(28-22)8-10-23(26)24(2)16-18-5-3-4-6-21(18)25-11-13-27-14-12-25/h3-10,17,20H,11-16H2,1-2H3/b10-8+/t17-,20+/m1/s1. The average molecular weight is 380 g/mol. The lowest BCUT2D eigenvalue weighted by Crippen LogP contribution is -2.37. The molecule has 1 aliphatic heterocycles. The smallest absolute Gasteiger partial charge is 0.246 e. The summed E-state index contributed by atoms with van der Waals surface area (Å²) in [7, 11) is 1.84. The third-order valence-electron chi connectivity index (χ3n) is 5.64. The van der Waals surface area contributed by atoms with Crippen LogP contribution in [0.5, 0.6) is 0 Å². The first kappa shape index (κ1) is 18.8. The maximum absolute atomic E-state index is 12.6. The summed E-state index contributed by atoms with van der Waals surface area (Å²) in [5.41, 5.74) is 2.33. The number of carbonyl (C=O) groups is 1.